The van der Waals surface area contributed by atoms with Crippen molar-refractivity contribution < 1.29 is 9.59 Å². The van der Waals surface area contributed by atoms with Crippen molar-refractivity contribution in [2.45, 2.75) is 12.5 Å². The fourth-order valence-electron chi connectivity index (χ4n) is 1.27. The number of carbonyl (C=O) groups is 2. The summed E-state index contributed by atoms with van der Waals surface area (Å²) in [5.41, 5.74) is 11.5. The molecule has 0 unspecified atom stereocenters. The lowest BCUT2D eigenvalue weighted by atomic mass is 10.1. The van der Waals surface area contributed by atoms with Crippen molar-refractivity contribution in [2.75, 3.05) is 6.54 Å². The lowest BCUT2D eigenvalue weighted by Gasteiger charge is -2.11. The molecule has 86 valence electrons. The van der Waals surface area contributed by atoms with E-state index in [2.05, 4.69) is 5.32 Å². The van der Waals surface area contributed by atoms with Crippen LogP contribution < -0.4 is 16.8 Å². The molecule has 1 atom stereocenters. The summed E-state index contributed by atoms with van der Waals surface area (Å²) < 4.78 is 0. The topological polar surface area (TPSA) is 98.2 Å². The zero-order valence-corrected chi connectivity index (χ0v) is 8.85. The number of hydrogen-bond acceptors (Lipinski definition) is 3. The number of benzene rings is 1. The van der Waals surface area contributed by atoms with E-state index >= 15 is 0 Å². The first kappa shape index (κ1) is 12.2. The fraction of sp³-hybridized carbons (Fsp3) is 0.273. The van der Waals surface area contributed by atoms with Gasteiger partial charge in [0.25, 0.3) is 0 Å². The highest BCUT2D eigenvalue weighted by atomic mass is 16.2. The summed E-state index contributed by atoms with van der Waals surface area (Å²) >= 11 is 0. The number of hydrogen-bond donors (Lipinski definition) is 3. The Labute approximate surface area is 93.8 Å². The maximum absolute atomic E-state index is 11.4. The minimum absolute atomic E-state index is 0.179. The Hall–Kier alpha value is -1.88. The zero-order chi connectivity index (χ0) is 12.0. The van der Waals surface area contributed by atoms with Crippen LogP contribution in [0.2, 0.25) is 0 Å². The Morgan fingerprint density at radius 2 is 1.88 bits per heavy atom. The molecule has 0 radical (unpaired) electrons. The normalized spacial score (nSPS) is 11.8. The lowest BCUT2D eigenvalue weighted by Crippen LogP contribution is -2.44. The quantitative estimate of drug-likeness (QED) is 0.604. The van der Waals surface area contributed by atoms with Gasteiger partial charge in [-0.05, 0) is 12.0 Å². The first-order valence-corrected chi connectivity index (χ1v) is 4.95. The highest BCUT2D eigenvalue weighted by Gasteiger charge is 2.13. The molecule has 0 spiro atoms. The molecule has 5 nitrogen and oxygen atoms in total. The Balaban J connectivity index is 2.43. The summed E-state index contributed by atoms with van der Waals surface area (Å²) in [6.07, 6.45) is 0.436. The summed E-state index contributed by atoms with van der Waals surface area (Å²) in [7, 11) is 0. The number of primary amides is 1. The van der Waals surface area contributed by atoms with E-state index < -0.39 is 11.9 Å². The van der Waals surface area contributed by atoms with Gasteiger partial charge in [-0.1, -0.05) is 30.3 Å². The van der Waals surface area contributed by atoms with Crippen LogP contribution in [0, 0.1) is 0 Å². The Morgan fingerprint density at radius 1 is 1.25 bits per heavy atom. The Morgan fingerprint density at radius 3 is 2.44 bits per heavy atom. The Kier molecular flexibility index (Phi) is 4.47. The lowest BCUT2D eigenvalue weighted by molar-refractivity contribution is -0.125. The van der Waals surface area contributed by atoms with Gasteiger partial charge in [0.05, 0.1) is 12.6 Å². The molecular formula is C11H15N3O2. The second-order valence-electron chi connectivity index (χ2n) is 3.48. The van der Waals surface area contributed by atoms with Crippen molar-refractivity contribution in [2.24, 2.45) is 11.5 Å². The van der Waals surface area contributed by atoms with Crippen molar-refractivity contribution in [3.8, 4) is 0 Å². The number of nitrogens with two attached hydrogens (primary N) is 2. The van der Waals surface area contributed by atoms with Crippen LogP contribution in [0.1, 0.15) is 5.56 Å². The molecule has 0 aliphatic carbocycles. The molecule has 5 N–H and O–H groups in total. The van der Waals surface area contributed by atoms with Gasteiger partial charge < -0.3 is 16.8 Å². The molecule has 0 saturated heterocycles. The number of nitrogens with one attached hydrogen (secondary N) is 1. The predicted molar refractivity (Wildman–Crippen MR) is 60.3 cm³/mol. The van der Waals surface area contributed by atoms with E-state index in [4.69, 9.17) is 11.5 Å². The van der Waals surface area contributed by atoms with Gasteiger partial charge >= 0.3 is 0 Å². The van der Waals surface area contributed by atoms with Gasteiger partial charge in [-0.3, -0.25) is 9.59 Å². The van der Waals surface area contributed by atoms with E-state index in [1.54, 1.807) is 0 Å². The van der Waals surface area contributed by atoms with E-state index in [0.29, 0.717) is 6.42 Å². The molecule has 0 bridgehead atoms. The first-order valence-electron chi connectivity index (χ1n) is 4.95. The minimum Gasteiger partial charge on any atom is -0.368 e. The monoisotopic (exact) mass is 221 g/mol. The largest absolute Gasteiger partial charge is 0.368 e. The standard InChI is InChI=1S/C11H15N3O2/c12-9(11(16)14-7-10(13)15)6-8-4-2-1-3-5-8/h1-5,9H,6-7,12H2,(H2,13,15)(H,14,16)/t9-/m1/s1. The summed E-state index contributed by atoms with van der Waals surface area (Å²) in [5, 5.41) is 2.36. The van der Waals surface area contributed by atoms with E-state index in [9.17, 15) is 9.59 Å². The zero-order valence-electron chi connectivity index (χ0n) is 8.85. The molecule has 1 aromatic carbocycles. The molecule has 0 fully saturated rings. The number of carbonyl (C=O) groups excluding carboxylic acids is 2. The SMILES string of the molecule is NC(=O)CNC(=O)[C@H](N)Cc1ccccc1. The van der Waals surface area contributed by atoms with Crippen molar-refractivity contribution in [3.63, 3.8) is 0 Å². The molecule has 2 amide bonds. The highest BCUT2D eigenvalue weighted by molar-refractivity contribution is 5.86. The molecule has 0 aliphatic heterocycles. The van der Waals surface area contributed by atoms with Crippen LogP contribution in [0.5, 0.6) is 0 Å². The molecule has 1 aromatic rings. The average molecular weight is 221 g/mol. The number of rotatable bonds is 5. The van der Waals surface area contributed by atoms with Gasteiger partial charge in [0.2, 0.25) is 11.8 Å². The van der Waals surface area contributed by atoms with Crippen LogP contribution in [-0.4, -0.2) is 24.4 Å². The second kappa shape index (κ2) is 5.87. The van der Waals surface area contributed by atoms with E-state index in [0.717, 1.165) is 5.56 Å². The molecular weight excluding hydrogens is 206 g/mol. The van der Waals surface area contributed by atoms with Crippen molar-refractivity contribution in [1.82, 2.24) is 5.32 Å². The van der Waals surface area contributed by atoms with Crippen molar-refractivity contribution in [3.05, 3.63) is 35.9 Å². The molecule has 16 heavy (non-hydrogen) atoms. The molecule has 0 saturated carbocycles. The molecule has 0 aromatic heterocycles. The van der Waals surface area contributed by atoms with Crippen molar-refractivity contribution in [1.29, 1.82) is 0 Å². The van der Waals surface area contributed by atoms with Crippen LogP contribution in [0.3, 0.4) is 0 Å². The molecule has 0 heterocycles. The Bertz CT molecular complexity index is 365. The average Bonchev–Trinajstić information content (AvgIpc) is 2.27. The summed E-state index contributed by atoms with van der Waals surface area (Å²) in [4.78, 5) is 21.9. The first-order chi connectivity index (χ1) is 7.59. The molecule has 0 aliphatic rings. The predicted octanol–water partition coefficient (Wildman–Crippen LogP) is -0.842. The van der Waals surface area contributed by atoms with Crippen LogP contribution in [0.15, 0.2) is 30.3 Å². The van der Waals surface area contributed by atoms with Crippen LogP contribution >= 0.6 is 0 Å². The molecule has 5 heteroatoms. The summed E-state index contributed by atoms with van der Waals surface area (Å²) in [6.45, 7) is -0.179. The van der Waals surface area contributed by atoms with Gasteiger partial charge in [0.1, 0.15) is 0 Å². The third-order valence-electron chi connectivity index (χ3n) is 2.07. The van der Waals surface area contributed by atoms with E-state index in [-0.39, 0.29) is 12.5 Å². The van der Waals surface area contributed by atoms with Gasteiger partial charge in [-0.2, -0.15) is 0 Å². The maximum atomic E-state index is 11.4. The van der Waals surface area contributed by atoms with Gasteiger partial charge in [0, 0.05) is 0 Å². The minimum atomic E-state index is -0.665. The second-order valence-corrected chi connectivity index (χ2v) is 3.48. The van der Waals surface area contributed by atoms with Gasteiger partial charge in [-0.15, -0.1) is 0 Å². The molecule has 1 rings (SSSR count). The van der Waals surface area contributed by atoms with Gasteiger partial charge in [-0.25, -0.2) is 0 Å². The number of amides is 2. The third kappa shape index (κ3) is 4.10. The van der Waals surface area contributed by atoms with Crippen LogP contribution in [0.25, 0.3) is 0 Å². The van der Waals surface area contributed by atoms with E-state index in [1.807, 2.05) is 30.3 Å². The van der Waals surface area contributed by atoms with Crippen molar-refractivity contribution >= 4 is 11.8 Å². The smallest absolute Gasteiger partial charge is 0.237 e. The summed E-state index contributed by atoms with van der Waals surface area (Å²) in [5.74, 6) is -0.956. The third-order valence-corrected chi connectivity index (χ3v) is 2.07. The summed E-state index contributed by atoms with van der Waals surface area (Å²) in [6, 6.07) is 8.76. The highest BCUT2D eigenvalue weighted by Crippen LogP contribution is 2.01. The van der Waals surface area contributed by atoms with E-state index in [1.165, 1.54) is 0 Å². The maximum Gasteiger partial charge on any atom is 0.237 e. The van der Waals surface area contributed by atoms with Gasteiger partial charge in [0.15, 0.2) is 0 Å². The fourth-order valence-corrected chi connectivity index (χ4v) is 1.27. The van der Waals surface area contributed by atoms with Crippen LogP contribution in [-0.2, 0) is 16.0 Å². The van der Waals surface area contributed by atoms with Crippen LogP contribution in [0.4, 0.5) is 0 Å².